The maximum absolute atomic E-state index is 14.3. The van der Waals surface area contributed by atoms with Gasteiger partial charge in [0, 0.05) is 23.3 Å². The van der Waals surface area contributed by atoms with E-state index < -0.39 is 29.6 Å². The second kappa shape index (κ2) is 10.3. The second-order valence-electron chi connectivity index (χ2n) is 12.2. The summed E-state index contributed by atoms with van der Waals surface area (Å²) in [5.74, 6) is -0.490. The Balaban J connectivity index is 1.22. The standard InChI is InChI=1S/C32H34ClN3O6/c1-17-5-3-8-22(18(17)2)35-30(38)28-32-12-11-24(42-32)26(29(37)34-21-7-4-6-20(33)14-21)27(32)31(39)36(28)15-19-9-10-23-25(13-19)41-16-40-23/h4,6-7,9-14,17-18,22,24,26-28H,3,5,8,15-16H2,1-2H3,(H,34,37)(H,35,38)/t17-,18-,22+,24+,26-,27+,28+,32+/m1/s1. The summed E-state index contributed by atoms with van der Waals surface area (Å²) >= 11 is 6.14. The third-order valence-electron chi connectivity index (χ3n) is 9.84. The number of nitrogens with zero attached hydrogens (tertiary/aromatic N) is 1. The third-order valence-corrected chi connectivity index (χ3v) is 10.1. The lowest BCUT2D eigenvalue weighted by Gasteiger charge is -2.38. The van der Waals surface area contributed by atoms with Crippen molar-refractivity contribution in [3.05, 3.63) is 65.2 Å². The van der Waals surface area contributed by atoms with Gasteiger partial charge in [0.25, 0.3) is 0 Å². The van der Waals surface area contributed by atoms with Gasteiger partial charge in [0.1, 0.15) is 11.6 Å². The fourth-order valence-corrected chi connectivity index (χ4v) is 7.70. The van der Waals surface area contributed by atoms with Crippen molar-refractivity contribution in [3.63, 3.8) is 0 Å². The van der Waals surface area contributed by atoms with Gasteiger partial charge in [0.15, 0.2) is 11.5 Å². The molecule has 2 saturated heterocycles. The molecule has 220 valence electrons. The first-order valence-electron chi connectivity index (χ1n) is 14.7. The molecular weight excluding hydrogens is 558 g/mol. The van der Waals surface area contributed by atoms with Gasteiger partial charge in [-0.25, -0.2) is 0 Å². The molecule has 3 amide bonds. The van der Waals surface area contributed by atoms with Crippen LogP contribution >= 0.6 is 11.6 Å². The highest BCUT2D eigenvalue weighted by molar-refractivity contribution is 6.30. The molecule has 1 saturated carbocycles. The second-order valence-corrected chi connectivity index (χ2v) is 12.7. The van der Waals surface area contributed by atoms with Gasteiger partial charge in [-0.15, -0.1) is 0 Å². The Morgan fingerprint density at radius 2 is 1.90 bits per heavy atom. The van der Waals surface area contributed by atoms with E-state index in [4.69, 9.17) is 25.8 Å². The minimum Gasteiger partial charge on any atom is -0.454 e. The molecule has 2 bridgehead atoms. The Hall–Kier alpha value is -3.56. The van der Waals surface area contributed by atoms with Gasteiger partial charge in [-0.3, -0.25) is 14.4 Å². The van der Waals surface area contributed by atoms with Gasteiger partial charge < -0.3 is 29.7 Å². The van der Waals surface area contributed by atoms with E-state index in [0.717, 1.165) is 24.8 Å². The van der Waals surface area contributed by atoms with E-state index in [1.54, 1.807) is 35.2 Å². The van der Waals surface area contributed by atoms with Crippen LogP contribution in [-0.4, -0.2) is 53.2 Å². The fourth-order valence-electron chi connectivity index (χ4n) is 7.51. The zero-order valence-electron chi connectivity index (χ0n) is 23.5. The molecule has 1 aliphatic carbocycles. The highest BCUT2D eigenvalue weighted by Crippen LogP contribution is 2.55. The van der Waals surface area contributed by atoms with Gasteiger partial charge >= 0.3 is 0 Å². The van der Waals surface area contributed by atoms with Gasteiger partial charge in [-0.05, 0) is 54.2 Å². The molecule has 9 nitrogen and oxygen atoms in total. The first-order chi connectivity index (χ1) is 20.2. The van der Waals surface area contributed by atoms with Crippen LogP contribution in [0.3, 0.4) is 0 Å². The monoisotopic (exact) mass is 591 g/mol. The van der Waals surface area contributed by atoms with Crippen molar-refractivity contribution in [1.29, 1.82) is 0 Å². The quantitative estimate of drug-likeness (QED) is 0.485. The number of likely N-dealkylation sites (tertiary alicyclic amines) is 1. The van der Waals surface area contributed by atoms with E-state index in [1.807, 2.05) is 24.3 Å². The Morgan fingerprint density at radius 1 is 1.07 bits per heavy atom. The summed E-state index contributed by atoms with van der Waals surface area (Å²) in [6, 6.07) is 11.4. The van der Waals surface area contributed by atoms with Crippen LogP contribution in [0.5, 0.6) is 11.5 Å². The summed E-state index contributed by atoms with van der Waals surface area (Å²) in [5.41, 5.74) is 0.0766. The normalized spacial score (nSPS) is 34.0. The minimum absolute atomic E-state index is 0.00343. The number of ether oxygens (including phenoxy) is 3. The van der Waals surface area contributed by atoms with Crippen LogP contribution in [0.25, 0.3) is 0 Å². The maximum Gasteiger partial charge on any atom is 0.246 e. The molecule has 2 aromatic carbocycles. The van der Waals surface area contributed by atoms with Crippen LogP contribution < -0.4 is 20.1 Å². The van der Waals surface area contributed by atoms with Crippen molar-refractivity contribution in [2.24, 2.45) is 23.7 Å². The number of nitrogens with one attached hydrogen (secondary N) is 2. The van der Waals surface area contributed by atoms with Crippen LogP contribution in [0.2, 0.25) is 5.02 Å². The number of benzene rings is 2. The Bertz CT molecular complexity index is 1480. The van der Waals surface area contributed by atoms with Crippen molar-refractivity contribution in [2.45, 2.75) is 63.4 Å². The molecular formula is C32H34ClN3O6. The number of carbonyl (C=O) groups excluding carboxylic acids is 3. The number of anilines is 1. The number of hydrogen-bond acceptors (Lipinski definition) is 6. The molecule has 1 spiro atoms. The summed E-state index contributed by atoms with van der Waals surface area (Å²) in [5, 5.41) is 6.70. The third kappa shape index (κ3) is 4.36. The van der Waals surface area contributed by atoms with Crippen molar-refractivity contribution in [3.8, 4) is 11.5 Å². The van der Waals surface area contributed by atoms with E-state index >= 15 is 0 Å². The first-order valence-corrected chi connectivity index (χ1v) is 15.1. The average molecular weight is 592 g/mol. The van der Waals surface area contributed by atoms with E-state index in [9.17, 15) is 14.4 Å². The molecule has 3 fully saturated rings. The maximum atomic E-state index is 14.3. The fraction of sp³-hybridized carbons (Fsp3) is 0.469. The summed E-state index contributed by atoms with van der Waals surface area (Å²) in [7, 11) is 0. The Kier molecular flexibility index (Phi) is 6.70. The van der Waals surface area contributed by atoms with E-state index in [1.165, 1.54) is 0 Å². The number of hydrogen-bond donors (Lipinski definition) is 2. The lowest BCUT2D eigenvalue weighted by atomic mass is 9.73. The predicted octanol–water partition coefficient (Wildman–Crippen LogP) is 4.30. The summed E-state index contributed by atoms with van der Waals surface area (Å²) in [4.78, 5) is 43.9. The molecule has 7 rings (SSSR count). The molecule has 10 heteroatoms. The van der Waals surface area contributed by atoms with Gasteiger partial charge in [-0.2, -0.15) is 0 Å². The van der Waals surface area contributed by atoms with Gasteiger partial charge in [0.05, 0.1) is 17.9 Å². The van der Waals surface area contributed by atoms with Gasteiger partial charge in [-0.1, -0.05) is 62.6 Å². The Labute approximate surface area is 249 Å². The molecule has 42 heavy (non-hydrogen) atoms. The highest BCUT2D eigenvalue weighted by atomic mass is 35.5. The van der Waals surface area contributed by atoms with Crippen molar-refractivity contribution in [2.75, 3.05) is 12.1 Å². The molecule has 0 aromatic heterocycles. The molecule has 2 aromatic rings. The smallest absolute Gasteiger partial charge is 0.246 e. The van der Waals surface area contributed by atoms with Crippen LogP contribution in [0, 0.1) is 23.7 Å². The number of fused-ring (bicyclic) bond motifs is 2. The number of rotatable bonds is 6. The van der Waals surface area contributed by atoms with Crippen molar-refractivity contribution in [1.82, 2.24) is 10.2 Å². The zero-order valence-corrected chi connectivity index (χ0v) is 24.3. The topological polar surface area (TPSA) is 106 Å². The molecule has 5 aliphatic rings. The van der Waals surface area contributed by atoms with E-state index in [0.29, 0.717) is 34.0 Å². The number of amides is 3. The largest absolute Gasteiger partial charge is 0.454 e. The number of carbonyl (C=O) groups is 3. The minimum atomic E-state index is -1.25. The molecule has 0 radical (unpaired) electrons. The molecule has 0 unspecified atom stereocenters. The van der Waals surface area contributed by atoms with Crippen LogP contribution in [0.15, 0.2) is 54.6 Å². The lowest BCUT2D eigenvalue weighted by molar-refractivity contribution is -0.142. The first kappa shape index (κ1) is 27.3. The highest BCUT2D eigenvalue weighted by Gasteiger charge is 2.72. The number of halogens is 1. The predicted molar refractivity (Wildman–Crippen MR) is 155 cm³/mol. The SMILES string of the molecule is C[C@@H]1[C@H](C)CCC[C@@H]1NC(=O)[C@@H]1N(Cc2ccc3c(c2)OCO3)C(=O)[C@@H]2[C@H](C(=O)Nc3cccc(Cl)c3)[C@@H]3C=C[C@]21O3. The van der Waals surface area contributed by atoms with E-state index in [2.05, 4.69) is 24.5 Å². The zero-order chi connectivity index (χ0) is 29.2. The molecule has 4 heterocycles. The van der Waals surface area contributed by atoms with Crippen LogP contribution in [-0.2, 0) is 25.7 Å². The van der Waals surface area contributed by atoms with Crippen LogP contribution in [0.1, 0.15) is 38.7 Å². The van der Waals surface area contributed by atoms with Gasteiger partial charge in [0.2, 0.25) is 24.5 Å². The molecule has 2 N–H and O–H groups in total. The molecule has 8 atom stereocenters. The summed E-state index contributed by atoms with van der Waals surface area (Å²) in [6.45, 7) is 4.69. The Morgan fingerprint density at radius 3 is 2.74 bits per heavy atom. The van der Waals surface area contributed by atoms with Crippen LogP contribution in [0.4, 0.5) is 5.69 Å². The van der Waals surface area contributed by atoms with E-state index in [-0.39, 0.29) is 37.1 Å². The van der Waals surface area contributed by atoms with Crippen molar-refractivity contribution >= 4 is 35.0 Å². The summed E-state index contributed by atoms with van der Waals surface area (Å²) < 4.78 is 17.5. The summed E-state index contributed by atoms with van der Waals surface area (Å²) in [6.07, 6.45) is 6.10. The molecule has 4 aliphatic heterocycles. The average Bonchev–Trinajstić information content (AvgIpc) is 3.72. The lowest BCUT2D eigenvalue weighted by Crippen LogP contribution is -2.57. The van der Waals surface area contributed by atoms with Crippen molar-refractivity contribution < 1.29 is 28.6 Å².